The van der Waals surface area contributed by atoms with Gasteiger partial charge in [-0.15, -0.1) is 0 Å². The standard InChI is InChI=1S/C23H25NO.C19H18N2O.C3H6O/c1-17(2)8-11-22(19-6-4-3-5-7-19)23(25)15-18-9-10-21-16-24-13-12-20(21)14-18;20-12-18(15-4-2-1-3-5-15)19(22)11-14-6-7-17-13-21-9-8-16(17)10-14;1-3(2)4/h3-7,9-10,12-14,16-17,22H,8,11,15H2,1-2H3;1-10,13,18H,11-12,20H2;1-2H3. The Morgan fingerprint density at radius 3 is 1.43 bits per heavy atom. The Hall–Kier alpha value is -5.33. The van der Waals surface area contributed by atoms with Crippen molar-refractivity contribution in [1.82, 2.24) is 9.97 Å². The van der Waals surface area contributed by atoms with E-state index in [4.69, 9.17) is 5.73 Å². The Morgan fingerprint density at radius 2 is 1.00 bits per heavy atom. The fourth-order valence-electron chi connectivity index (χ4n) is 5.97. The molecule has 262 valence electrons. The highest BCUT2D eigenvalue weighted by Gasteiger charge is 2.21. The van der Waals surface area contributed by atoms with Crippen LogP contribution in [0.2, 0.25) is 0 Å². The summed E-state index contributed by atoms with van der Waals surface area (Å²) in [5.74, 6) is 0.973. The number of aromatic nitrogens is 2. The molecule has 0 saturated heterocycles. The molecule has 6 aromatic rings. The maximum absolute atomic E-state index is 13.0. The second-order valence-electron chi connectivity index (χ2n) is 13.4. The molecule has 0 bridgehead atoms. The molecule has 2 unspecified atom stereocenters. The van der Waals surface area contributed by atoms with E-state index in [1.807, 2.05) is 97.3 Å². The zero-order valence-electron chi connectivity index (χ0n) is 30.2. The molecule has 0 spiro atoms. The lowest BCUT2D eigenvalue weighted by molar-refractivity contribution is -0.120. The maximum Gasteiger partial charge on any atom is 0.145 e. The van der Waals surface area contributed by atoms with Crippen molar-refractivity contribution in [2.24, 2.45) is 11.7 Å². The van der Waals surface area contributed by atoms with E-state index >= 15 is 0 Å². The number of ketones is 3. The van der Waals surface area contributed by atoms with Gasteiger partial charge in [0.05, 0.1) is 5.92 Å². The van der Waals surface area contributed by atoms with Crippen molar-refractivity contribution in [1.29, 1.82) is 0 Å². The van der Waals surface area contributed by atoms with E-state index in [9.17, 15) is 14.4 Å². The van der Waals surface area contributed by atoms with Crippen LogP contribution < -0.4 is 5.73 Å². The van der Waals surface area contributed by atoms with Gasteiger partial charge in [-0.2, -0.15) is 0 Å². The van der Waals surface area contributed by atoms with E-state index in [0.29, 0.717) is 31.1 Å². The van der Waals surface area contributed by atoms with Crippen LogP contribution >= 0.6 is 0 Å². The van der Waals surface area contributed by atoms with Crippen LogP contribution in [0.3, 0.4) is 0 Å². The Morgan fingerprint density at radius 1 is 0.569 bits per heavy atom. The predicted octanol–water partition coefficient (Wildman–Crippen LogP) is 9.25. The van der Waals surface area contributed by atoms with Crippen LogP contribution in [0.1, 0.15) is 74.6 Å². The minimum absolute atomic E-state index is 0.0169. The van der Waals surface area contributed by atoms with Gasteiger partial charge in [-0.05, 0) is 77.8 Å². The van der Waals surface area contributed by atoms with Gasteiger partial charge < -0.3 is 10.5 Å². The fraction of sp³-hybridized carbons (Fsp3) is 0.267. The van der Waals surface area contributed by atoms with Crippen molar-refractivity contribution in [2.75, 3.05) is 6.54 Å². The molecule has 0 saturated carbocycles. The molecule has 4 aromatic carbocycles. The Balaban J connectivity index is 0.000000208. The Labute approximate surface area is 302 Å². The molecule has 51 heavy (non-hydrogen) atoms. The highest BCUT2D eigenvalue weighted by atomic mass is 16.1. The lowest BCUT2D eigenvalue weighted by Crippen LogP contribution is -2.23. The Kier molecular flexibility index (Phi) is 14.9. The topological polar surface area (TPSA) is 103 Å². The highest BCUT2D eigenvalue weighted by Crippen LogP contribution is 2.27. The molecule has 0 aliphatic heterocycles. The first-order chi connectivity index (χ1) is 24.6. The van der Waals surface area contributed by atoms with Gasteiger partial charge in [0.1, 0.15) is 17.3 Å². The van der Waals surface area contributed by atoms with Crippen LogP contribution in [0.25, 0.3) is 21.5 Å². The first kappa shape index (κ1) is 38.5. The third-order valence-corrected chi connectivity index (χ3v) is 8.62. The minimum Gasteiger partial charge on any atom is -0.329 e. The molecule has 0 amide bonds. The van der Waals surface area contributed by atoms with E-state index in [1.54, 1.807) is 12.4 Å². The maximum atomic E-state index is 13.0. The molecule has 0 aliphatic rings. The molecular weight excluding hydrogens is 631 g/mol. The van der Waals surface area contributed by atoms with E-state index in [2.05, 4.69) is 48.1 Å². The molecule has 2 N–H and O–H groups in total. The molecule has 2 aromatic heterocycles. The van der Waals surface area contributed by atoms with Crippen molar-refractivity contribution in [2.45, 2.75) is 65.2 Å². The molecule has 0 aliphatic carbocycles. The minimum atomic E-state index is -0.241. The number of Topliss-reactive ketones (excluding diaryl/α,β-unsaturated/α-hetero) is 3. The largest absolute Gasteiger partial charge is 0.329 e. The molecule has 0 radical (unpaired) electrons. The van der Waals surface area contributed by atoms with Crippen LogP contribution in [0.4, 0.5) is 0 Å². The lowest BCUT2D eigenvalue weighted by atomic mass is 9.85. The summed E-state index contributed by atoms with van der Waals surface area (Å²) in [6.07, 6.45) is 10.1. The number of fused-ring (bicyclic) bond motifs is 2. The molecule has 6 nitrogen and oxygen atoms in total. The van der Waals surface area contributed by atoms with Crippen molar-refractivity contribution >= 4 is 38.9 Å². The summed E-state index contributed by atoms with van der Waals surface area (Å²) < 4.78 is 0. The second-order valence-corrected chi connectivity index (χ2v) is 13.4. The zero-order valence-corrected chi connectivity index (χ0v) is 30.2. The lowest BCUT2D eigenvalue weighted by Gasteiger charge is -2.18. The average Bonchev–Trinajstić information content (AvgIpc) is 3.13. The second kappa shape index (κ2) is 19.8. The average molecular weight is 680 g/mol. The van der Waals surface area contributed by atoms with E-state index in [1.165, 1.54) is 13.8 Å². The van der Waals surface area contributed by atoms with Gasteiger partial charge in [0.15, 0.2) is 0 Å². The Bertz CT molecular complexity index is 2000. The normalized spacial score (nSPS) is 11.9. The number of nitrogens with zero attached hydrogens (tertiary/aromatic N) is 2. The summed E-state index contributed by atoms with van der Waals surface area (Å²) in [6, 6.07) is 36.2. The third-order valence-electron chi connectivity index (χ3n) is 8.62. The SMILES string of the molecule is CC(C)=O.CC(C)CCC(C(=O)Cc1ccc2cnccc2c1)c1ccccc1.NCC(C(=O)Cc1ccc2cnccc2c1)c1ccccc1. The summed E-state index contributed by atoms with van der Waals surface area (Å²) in [6.45, 7) is 7.81. The van der Waals surface area contributed by atoms with Crippen LogP contribution in [-0.2, 0) is 27.2 Å². The van der Waals surface area contributed by atoms with Crippen molar-refractivity contribution < 1.29 is 14.4 Å². The van der Waals surface area contributed by atoms with E-state index in [-0.39, 0.29) is 23.4 Å². The first-order valence-electron chi connectivity index (χ1n) is 17.6. The molecule has 2 heterocycles. The number of nitrogens with two attached hydrogens (primary N) is 1. The van der Waals surface area contributed by atoms with Gasteiger partial charge >= 0.3 is 0 Å². The summed E-state index contributed by atoms with van der Waals surface area (Å²) in [4.78, 5) is 43.3. The number of benzene rings is 4. The van der Waals surface area contributed by atoms with Gasteiger partial charge in [-0.1, -0.05) is 111 Å². The molecular formula is C45H49N3O3. The van der Waals surface area contributed by atoms with Crippen molar-refractivity contribution in [3.8, 4) is 0 Å². The quantitative estimate of drug-likeness (QED) is 0.138. The van der Waals surface area contributed by atoms with Gasteiger partial charge in [-0.25, -0.2) is 0 Å². The van der Waals surface area contributed by atoms with Gasteiger partial charge in [0.25, 0.3) is 0 Å². The molecule has 6 rings (SSSR count). The molecule has 2 atom stereocenters. The van der Waals surface area contributed by atoms with Gasteiger partial charge in [-0.3, -0.25) is 19.6 Å². The van der Waals surface area contributed by atoms with E-state index in [0.717, 1.165) is 56.6 Å². The summed E-state index contributed by atoms with van der Waals surface area (Å²) in [5.41, 5.74) is 10.0. The monoisotopic (exact) mass is 679 g/mol. The first-order valence-corrected chi connectivity index (χ1v) is 17.6. The van der Waals surface area contributed by atoms with Gasteiger partial charge in [0.2, 0.25) is 0 Å². The summed E-state index contributed by atoms with van der Waals surface area (Å²) >= 11 is 0. The van der Waals surface area contributed by atoms with Crippen LogP contribution in [0.5, 0.6) is 0 Å². The van der Waals surface area contributed by atoms with Crippen molar-refractivity contribution in [3.05, 3.63) is 156 Å². The third kappa shape index (κ3) is 12.2. The highest BCUT2D eigenvalue weighted by molar-refractivity contribution is 5.90. The van der Waals surface area contributed by atoms with Crippen LogP contribution in [0.15, 0.2) is 134 Å². The number of hydrogen-bond acceptors (Lipinski definition) is 6. The molecule has 0 fully saturated rings. The molecule has 6 heteroatoms. The smallest absolute Gasteiger partial charge is 0.145 e. The summed E-state index contributed by atoms with van der Waals surface area (Å²) in [5, 5.41) is 4.43. The number of carbonyl (C=O) groups excluding carboxylic acids is 3. The number of carbonyl (C=O) groups is 3. The van der Waals surface area contributed by atoms with Crippen molar-refractivity contribution in [3.63, 3.8) is 0 Å². The fourth-order valence-corrected chi connectivity index (χ4v) is 5.97. The number of pyridine rings is 2. The number of rotatable bonds is 12. The predicted molar refractivity (Wildman–Crippen MR) is 209 cm³/mol. The van der Waals surface area contributed by atoms with E-state index < -0.39 is 0 Å². The zero-order chi connectivity index (χ0) is 36.6. The van der Waals surface area contributed by atoms with Gasteiger partial charge in [0, 0.05) is 60.9 Å². The van der Waals surface area contributed by atoms with Crippen LogP contribution in [-0.4, -0.2) is 33.9 Å². The number of hydrogen-bond donors (Lipinski definition) is 1. The summed E-state index contributed by atoms with van der Waals surface area (Å²) in [7, 11) is 0. The van der Waals surface area contributed by atoms with Crippen LogP contribution in [0, 0.1) is 5.92 Å².